The Morgan fingerprint density at radius 1 is 1.40 bits per heavy atom. The molecule has 25 heavy (non-hydrogen) atoms. The number of phenolic OH excluding ortho intramolecular Hbond substituents is 1. The van der Waals surface area contributed by atoms with Gasteiger partial charge in [0.25, 0.3) is 5.91 Å². The van der Waals surface area contributed by atoms with Crippen molar-refractivity contribution in [1.82, 2.24) is 10.2 Å². The van der Waals surface area contributed by atoms with Crippen molar-refractivity contribution >= 4 is 63.8 Å². The number of amides is 2. The molecule has 1 aliphatic rings. The smallest absolute Gasteiger partial charge is 0.305 e. The second-order valence-electron chi connectivity index (χ2n) is 4.96. The van der Waals surface area contributed by atoms with Crippen LogP contribution in [0.15, 0.2) is 23.1 Å². The van der Waals surface area contributed by atoms with E-state index in [0.717, 1.165) is 16.7 Å². The highest BCUT2D eigenvalue weighted by Gasteiger charge is 2.33. The number of thioether (sulfide) groups is 1. The second kappa shape index (κ2) is 8.32. The molecule has 0 saturated carbocycles. The minimum atomic E-state index is -1.03. The van der Waals surface area contributed by atoms with Crippen molar-refractivity contribution in [2.24, 2.45) is 0 Å². The third kappa shape index (κ3) is 5.18. The van der Waals surface area contributed by atoms with E-state index >= 15 is 0 Å². The molecule has 1 aromatic rings. The van der Waals surface area contributed by atoms with Crippen molar-refractivity contribution in [3.8, 4) is 5.75 Å². The summed E-state index contributed by atoms with van der Waals surface area (Å²) in [5, 5.41) is 21.2. The molecule has 1 aromatic carbocycles. The Bertz CT molecular complexity index is 781. The summed E-state index contributed by atoms with van der Waals surface area (Å²) >= 11 is 12.0. The first-order valence-corrected chi connectivity index (χ1v) is 8.60. The van der Waals surface area contributed by atoms with E-state index in [1.54, 1.807) is 0 Å². The lowest BCUT2D eigenvalue weighted by Crippen LogP contribution is -2.40. The van der Waals surface area contributed by atoms with Crippen LogP contribution < -0.4 is 5.32 Å². The zero-order valence-corrected chi connectivity index (χ0v) is 15.1. The number of hydrogen-bond donors (Lipinski definition) is 3. The average molecular weight is 401 g/mol. The van der Waals surface area contributed by atoms with Crippen molar-refractivity contribution in [2.45, 2.75) is 6.42 Å². The first-order chi connectivity index (χ1) is 11.8. The quantitative estimate of drug-likeness (QED) is 0.494. The third-order valence-corrected chi connectivity index (χ3v) is 4.73. The molecule has 2 amide bonds. The fraction of sp³-hybridized carbons (Fsp3) is 0.200. The number of carbonyl (C=O) groups excluding carboxylic acids is 2. The first kappa shape index (κ1) is 19.2. The predicted molar refractivity (Wildman–Crippen MR) is 98.3 cm³/mol. The van der Waals surface area contributed by atoms with Crippen LogP contribution in [0.4, 0.5) is 0 Å². The maximum absolute atomic E-state index is 12.4. The maximum atomic E-state index is 12.4. The lowest BCUT2D eigenvalue weighted by Gasteiger charge is -2.13. The minimum Gasteiger partial charge on any atom is -0.507 e. The van der Waals surface area contributed by atoms with E-state index in [1.807, 2.05) is 0 Å². The fourth-order valence-electron chi connectivity index (χ4n) is 1.93. The molecule has 7 nitrogen and oxygen atoms in total. The van der Waals surface area contributed by atoms with E-state index in [1.165, 1.54) is 24.3 Å². The fourth-order valence-corrected chi connectivity index (χ4v) is 3.35. The molecule has 0 atom stereocenters. The summed E-state index contributed by atoms with van der Waals surface area (Å²) in [7, 11) is 0. The summed E-state index contributed by atoms with van der Waals surface area (Å²) in [5.74, 6) is -2.05. The van der Waals surface area contributed by atoms with Crippen LogP contribution in [-0.2, 0) is 14.4 Å². The van der Waals surface area contributed by atoms with E-state index in [2.05, 4.69) is 5.32 Å². The third-order valence-electron chi connectivity index (χ3n) is 3.11. The zero-order chi connectivity index (χ0) is 18.6. The minimum absolute atomic E-state index is 0.0326. The van der Waals surface area contributed by atoms with Gasteiger partial charge in [-0.2, -0.15) is 0 Å². The summed E-state index contributed by atoms with van der Waals surface area (Å²) in [5.41, 5.74) is 0.360. The number of benzene rings is 1. The van der Waals surface area contributed by atoms with Gasteiger partial charge >= 0.3 is 5.97 Å². The van der Waals surface area contributed by atoms with Gasteiger partial charge in [-0.25, -0.2) is 0 Å². The molecule has 2 rings (SSSR count). The molecule has 0 aliphatic carbocycles. The van der Waals surface area contributed by atoms with Crippen LogP contribution in [-0.4, -0.2) is 50.3 Å². The molecule has 1 aliphatic heterocycles. The SMILES string of the molecule is O=C(O)CCNC(=O)CN1C(=O)/C(=C/c2cc(Cl)ccc2O)SC1=S. The van der Waals surface area contributed by atoms with Crippen LogP contribution in [0.2, 0.25) is 5.02 Å². The maximum Gasteiger partial charge on any atom is 0.305 e. The zero-order valence-electron chi connectivity index (χ0n) is 12.7. The van der Waals surface area contributed by atoms with Gasteiger partial charge in [0.2, 0.25) is 5.91 Å². The topological polar surface area (TPSA) is 107 Å². The van der Waals surface area contributed by atoms with Crippen LogP contribution in [0.25, 0.3) is 6.08 Å². The molecule has 132 valence electrons. The average Bonchev–Trinajstić information content (AvgIpc) is 2.78. The molecular weight excluding hydrogens is 388 g/mol. The van der Waals surface area contributed by atoms with Crippen molar-refractivity contribution in [2.75, 3.05) is 13.1 Å². The number of phenols is 1. The van der Waals surface area contributed by atoms with Crippen LogP contribution in [0.1, 0.15) is 12.0 Å². The number of thiocarbonyl (C=S) groups is 1. The van der Waals surface area contributed by atoms with Gasteiger partial charge in [-0.3, -0.25) is 19.3 Å². The van der Waals surface area contributed by atoms with Crippen molar-refractivity contribution in [3.05, 3.63) is 33.7 Å². The van der Waals surface area contributed by atoms with E-state index in [0.29, 0.717) is 10.6 Å². The number of halogens is 1. The van der Waals surface area contributed by atoms with Gasteiger partial charge in [0.1, 0.15) is 16.6 Å². The lowest BCUT2D eigenvalue weighted by molar-refractivity contribution is -0.137. The number of hydrogen-bond acceptors (Lipinski definition) is 6. The largest absolute Gasteiger partial charge is 0.507 e. The molecular formula is C15H13ClN2O5S2. The standard InChI is InChI=1S/C15H13ClN2O5S2/c16-9-1-2-10(19)8(5-9)6-11-14(23)18(15(24)25-11)7-12(20)17-4-3-13(21)22/h1-2,5-6,19H,3-4,7H2,(H,17,20)(H,21,22)/b11-6-. The van der Waals surface area contributed by atoms with Gasteiger partial charge in [-0.1, -0.05) is 35.6 Å². The van der Waals surface area contributed by atoms with Gasteiger partial charge in [0, 0.05) is 17.1 Å². The monoisotopic (exact) mass is 400 g/mol. The molecule has 0 unspecified atom stereocenters. The van der Waals surface area contributed by atoms with Crippen LogP contribution in [0.3, 0.4) is 0 Å². The summed E-state index contributed by atoms with van der Waals surface area (Å²) in [6.07, 6.45) is 1.24. The highest BCUT2D eigenvalue weighted by atomic mass is 35.5. The van der Waals surface area contributed by atoms with Gasteiger partial charge in [-0.05, 0) is 24.3 Å². The summed E-state index contributed by atoms with van der Waals surface area (Å²) in [4.78, 5) is 36.0. The number of aromatic hydroxyl groups is 1. The van der Waals surface area contributed by atoms with E-state index in [-0.39, 0.29) is 34.5 Å². The number of carbonyl (C=O) groups is 3. The molecule has 0 aromatic heterocycles. The van der Waals surface area contributed by atoms with Gasteiger partial charge in [0.05, 0.1) is 11.3 Å². The molecule has 0 bridgehead atoms. The van der Waals surface area contributed by atoms with Crippen molar-refractivity contribution in [1.29, 1.82) is 0 Å². The highest BCUT2D eigenvalue weighted by molar-refractivity contribution is 8.26. The van der Waals surface area contributed by atoms with Crippen LogP contribution in [0.5, 0.6) is 5.75 Å². The highest BCUT2D eigenvalue weighted by Crippen LogP contribution is 2.34. The van der Waals surface area contributed by atoms with Gasteiger partial charge < -0.3 is 15.5 Å². The van der Waals surface area contributed by atoms with E-state index < -0.39 is 17.8 Å². The molecule has 0 spiro atoms. The van der Waals surface area contributed by atoms with Crippen molar-refractivity contribution in [3.63, 3.8) is 0 Å². The number of aliphatic carboxylic acids is 1. The van der Waals surface area contributed by atoms with E-state index in [9.17, 15) is 19.5 Å². The molecule has 1 heterocycles. The van der Waals surface area contributed by atoms with Gasteiger partial charge in [0.15, 0.2) is 0 Å². The van der Waals surface area contributed by atoms with Gasteiger partial charge in [-0.15, -0.1) is 0 Å². The Morgan fingerprint density at radius 3 is 2.80 bits per heavy atom. The number of nitrogens with one attached hydrogen (secondary N) is 1. The number of rotatable bonds is 6. The predicted octanol–water partition coefficient (Wildman–Crippen LogP) is 1.84. The van der Waals surface area contributed by atoms with Crippen LogP contribution in [0, 0.1) is 0 Å². The van der Waals surface area contributed by atoms with Crippen molar-refractivity contribution < 1.29 is 24.6 Å². The number of carboxylic acid groups (broad SMARTS) is 1. The Morgan fingerprint density at radius 2 is 2.12 bits per heavy atom. The summed E-state index contributed by atoms with van der Waals surface area (Å²) < 4.78 is 0.200. The number of carboxylic acids is 1. The normalized spacial score (nSPS) is 15.7. The summed E-state index contributed by atoms with van der Waals surface area (Å²) in [6.45, 7) is -0.335. The molecule has 1 saturated heterocycles. The molecule has 3 N–H and O–H groups in total. The Hall–Kier alpha value is -2.10. The lowest BCUT2D eigenvalue weighted by atomic mass is 10.2. The molecule has 1 fully saturated rings. The molecule has 0 radical (unpaired) electrons. The Balaban J connectivity index is 2.06. The first-order valence-electron chi connectivity index (χ1n) is 7.00. The second-order valence-corrected chi connectivity index (χ2v) is 7.08. The molecule has 10 heteroatoms. The number of nitrogens with zero attached hydrogens (tertiary/aromatic N) is 1. The van der Waals surface area contributed by atoms with E-state index in [4.69, 9.17) is 28.9 Å². The Labute approximate surface area is 157 Å². The Kier molecular flexibility index (Phi) is 6.40. The summed E-state index contributed by atoms with van der Waals surface area (Å²) in [6, 6.07) is 4.42. The van der Waals surface area contributed by atoms with Crippen LogP contribution >= 0.6 is 35.6 Å².